The topological polar surface area (TPSA) is 80.9 Å². The van der Waals surface area contributed by atoms with E-state index in [2.05, 4.69) is 15.3 Å². The van der Waals surface area contributed by atoms with Crippen LogP contribution in [0, 0.1) is 5.92 Å². The van der Waals surface area contributed by atoms with E-state index in [1.54, 1.807) is 6.07 Å². The normalized spacial score (nSPS) is 14.0. The number of nitrogen functional groups attached to an aromatic ring is 1. The molecule has 0 bridgehead atoms. The summed E-state index contributed by atoms with van der Waals surface area (Å²) in [6.07, 6.45) is 3.13. The zero-order chi connectivity index (χ0) is 15.9. The second-order valence-electron chi connectivity index (χ2n) is 5.00. The van der Waals surface area contributed by atoms with Crippen LogP contribution in [-0.4, -0.2) is 15.9 Å². The highest BCUT2D eigenvalue weighted by molar-refractivity contribution is 6.45. The molecule has 0 unspecified atom stereocenters. The van der Waals surface area contributed by atoms with Crippen LogP contribution in [-0.2, 0) is 4.79 Å². The van der Waals surface area contributed by atoms with Gasteiger partial charge in [-0.2, -0.15) is 0 Å². The van der Waals surface area contributed by atoms with Crippen molar-refractivity contribution in [2.24, 2.45) is 5.92 Å². The van der Waals surface area contributed by atoms with Gasteiger partial charge in [0.2, 0.25) is 5.91 Å². The summed E-state index contributed by atoms with van der Waals surface area (Å²) in [5.74, 6) is 0.358. The number of carbonyl (C=O) groups excluding carboxylic acids is 1. The number of halogens is 3. The molecule has 1 aliphatic rings. The van der Waals surface area contributed by atoms with Crippen molar-refractivity contribution in [1.82, 2.24) is 9.97 Å². The van der Waals surface area contributed by atoms with Gasteiger partial charge < -0.3 is 11.1 Å². The molecule has 0 aliphatic heterocycles. The van der Waals surface area contributed by atoms with E-state index in [9.17, 15) is 4.79 Å². The average molecular weight is 358 g/mol. The van der Waals surface area contributed by atoms with Gasteiger partial charge in [0.05, 0.1) is 16.2 Å². The molecule has 0 saturated heterocycles. The monoisotopic (exact) mass is 356 g/mol. The molecule has 0 atom stereocenters. The quantitative estimate of drug-likeness (QED) is 0.812. The number of carbonyl (C=O) groups is 1. The number of nitrogens with one attached hydrogen (secondary N) is 1. The van der Waals surface area contributed by atoms with Crippen molar-refractivity contribution >= 4 is 52.3 Å². The zero-order valence-electron chi connectivity index (χ0n) is 11.2. The fourth-order valence-corrected chi connectivity index (χ4v) is 2.67. The molecule has 5 nitrogen and oxygen atoms in total. The van der Waals surface area contributed by atoms with E-state index in [0.29, 0.717) is 21.3 Å². The maximum atomic E-state index is 12.0. The lowest BCUT2D eigenvalue weighted by Crippen LogP contribution is -2.16. The first-order valence-electron chi connectivity index (χ1n) is 6.54. The number of aromatic nitrogens is 2. The first-order chi connectivity index (χ1) is 10.5. The van der Waals surface area contributed by atoms with Gasteiger partial charge in [-0.1, -0.05) is 34.8 Å². The molecular weight excluding hydrogens is 347 g/mol. The molecule has 1 amide bonds. The van der Waals surface area contributed by atoms with Crippen molar-refractivity contribution in [2.45, 2.75) is 12.8 Å². The van der Waals surface area contributed by atoms with Crippen LogP contribution in [0.1, 0.15) is 12.8 Å². The van der Waals surface area contributed by atoms with E-state index < -0.39 is 0 Å². The highest BCUT2D eigenvalue weighted by atomic mass is 35.5. The summed E-state index contributed by atoms with van der Waals surface area (Å²) in [7, 11) is 0. The second kappa shape index (κ2) is 5.91. The van der Waals surface area contributed by atoms with E-state index in [1.165, 1.54) is 12.3 Å². The molecule has 8 heteroatoms. The van der Waals surface area contributed by atoms with Gasteiger partial charge in [-0.05, 0) is 25.0 Å². The predicted molar refractivity (Wildman–Crippen MR) is 88.3 cm³/mol. The van der Waals surface area contributed by atoms with Crippen LogP contribution < -0.4 is 11.1 Å². The Morgan fingerprint density at radius 1 is 1.27 bits per heavy atom. The average Bonchev–Trinajstić information content (AvgIpc) is 3.28. The van der Waals surface area contributed by atoms with Gasteiger partial charge in [-0.3, -0.25) is 4.79 Å². The zero-order valence-corrected chi connectivity index (χ0v) is 13.5. The Hall–Kier alpha value is -1.56. The van der Waals surface area contributed by atoms with Crippen LogP contribution in [0.25, 0.3) is 11.3 Å². The Morgan fingerprint density at radius 2 is 2.00 bits per heavy atom. The summed E-state index contributed by atoms with van der Waals surface area (Å²) in [5.41, 5.74) is 6.52. The number of hydrogen-bond donors (Lipinski definition) is 2. The molecular formula is C14H11Cl3N4O. The summed E-state index contributed by atoms with van der Waals surface area (Å²) in [4.78, 5) is 20.3. The van der Waals surface area contributed by atoms with E-state index in [0.717, 1.165) is 12.8 Å². The number of anilines is 2. The van der Waals surface area contributed by atoms with Gasteiger partial charge in [0.25, 0.3) is 0 Å². The van der Waals surface area contributed by atoms with Gasteiger partial charge in [-0.25, -0.2) is 9.97 Å². The van der Waals surface area contributed by atoms with Gasteiger partial charge >= 0.3 is 0 Å². The molecule has 1 heterocycles. The summed E-state index contributed by atoms with van der Waals surface area (Å²) >= 11 is 18.3. The number of hydrogen-bond acceptors (Lipinski definition) is 4. The molecule has 0 spiro atoms. The largest absolute Gasteiger partial charge is 0.382 e. The standard InChI is InChI=1S/C14H11Cl3N4O/c15-7-3-8(11(17)9(16)4-7)12-13(20-10(18)5-19-12)21-14(22)6-1-2-6/h3-6H,1-2H2,(H3,18,20,21,22). The number of nitrogens with zero attached hydrogens (tertiary/aromatic N) is 2. The molecule has 22 heavy (non-hydrogen) atoms. The number of benzene rings is 1. The summed E-state index contributed by atoms with van der Waals surface area (Å²) in [5, 5.41) is 3.72. The second-order valence-corrected chi connectivity index (χ2v) is 6.23. The lowest BCUT2D eigenvalue weighted by Gasteiger charge is -2.12. The SMILES string of the molecule is Nc1cnc(-c2cc(Cl)cc(Cl)c2Cl)c(NC(=O)C2CC2)n1. The Labute approximate surface area is 141 Å². The number of amides is 1. The van der Waals surface area contributed by atoms with Crippen molar-refractivity contribution < 1.29 is 4.79 Å². The van der Waals surface area contributed by atoms with E-state index in [4.69, 9.17) is 40.5 Å². The molecule has 3 rings (SSSR count). The molecule has 1 fully saturated rings. The number of rotatable bonds is 3. The van der Waals surface area contributed by atoms with Crippen molar-refractivity contribution in [3.8, 4) is 11.3 Å². The first-order valence-corrected chi connectivity index (χ1v) is 7.67. The molecule has 3 N–H and O–H groups in total. The lowest BCUT2D eigenvalue weighted by atomic mass is 10.1. The molecule has 1 aliphatic carbocycles. The highest BCUT2D eigenvalue weighted by Gasteiger charge is 2.30. The van der Waals surface area contributed by atoms with Gasteiger partial charge in [0.1, 0.15) is 11.5 Å². The summed E-state index contributed by atoms with van der Waals surface area (Å²) in [6, 6.07) is 3.14. The lowest BCUT2D eigenvalue weighted by molar-refractivity contribution is -0.117. The maximum absolute atomic E-state index is 12.0. The van der Waals surface area contributed by atoms with E-state index >= 15 is 0 Å². The van der Waals surface area contributed by atoms with Crippen LogP contribution in [0.4, 0.5) is 11.6 Å². The van der Waals surface area contributed by atoms with E-state index in [1.807, 2.05) is 0 Å². The van der Waals surface area contributed by atoms with Crippen LogP contribution in [0.5, 0.6) is 0 Å². The van der Waals surface area contributed by atoms with Crippen molar-refractivity contribution in [1.29, 1.82) is 0 Å². The predicted octanol–water partition coefficient (Wildman–Crippen LogP) is 4.03. The van der Waals surface area contributed by atoms with Crippen molar-refractivity contribution in [3.63, 3.8) is 0 Å². The number of nitrogens with two attached hydrogens (primary N) is 1. The van der Waals surface area contributed by atoms with Crippen LogP contribution >= 0.6 is 34.8 Å². The van der Waals surface area contributed by atoms with Crippen LogP contribution in [0.2, 0.25) is 15.1 Å². The Balaban J connectivity index is 2.08. The maximum Gasteiger partial charge on any atom is 0.228 e. The third-order valence-electron chi connectivity index (χ3n) is 3.23. The third kappa shape index (κ3) is 3.11. The van der Waals surface area contributed by atoms with Crippen molar-refractivity contribution in [3.05, 3.63) is 33.4 Å². The van der Waals surface area contributed by atoms with Crippen LogP contribution in [0.3, 0.4) is 0 Å². The smallest absolute Gasteiger partial charge is 0.228 e. The Morgan fingerprint density at radius 3 is 2.68 bits per heavy atom. The van der Waals surface area contributed by atoms with Gasteiger partial charge in [-0.15, -0.1) is 0 Å². The molecule has 114 valence electrons. The molecule has 1 aromatic heterocycles. The fraction of sp³-hybridized carbons (Fsp3) is 0.214. The van der Waals surface area contributed by atoms with Gasteiger partial charge in [0.15, 0.2) is 5.82 Å². The van der Waals surface area contributed by atoms with E-state index in [-0.39, 0.29) is 28.5 Å². The first kappa shape index (κ1) is 15.3. The highest BCUT2D eigenvalue weighted by Crippen LogP contribution is 2.38. The Bertz CT molecular complexity index is 762. The molecule has 1 aromatic carbocycles. The van der Waals surface area contributed by atoms with Gasteiger partial charge in [0, 0.05) is 16.5 Å². The minimum absolute atomic E-state index is 0.0227. The van der Waals surface area contributed by atoms with Crippen LogP contribution in [0.15, 0.2) is 18.3 Å². The Kier molecular flexibility index (Phi) is 4.12. The summed E-state index contributed by atoms with van der Waals surface area (Å²) in [6.45, 7) is 0. The minimum atomic E-state index is -0.106. The molecule has 1 saturated carbocycles. The minimum Gasteiger partial charge on any atom is -0.382 e. The molecule has 0 radical (unpaired) electrons. The molecule has 2 aromatic rings. The summed E-state index contributed by atoms with van der Waals surface area (Å²) < 4.78 is 0. The van der Waals surface area contributed by atoms with Crippen molar-refractivity contribution in [2.75, 3.05) is 11.1 Å². The third-order valence-corrected chi connectivity index (χ3v) is 4.25. The fourth-order valence-electron chi connectivity index (χ4n) is 1.98.